The van der Waals surface area contributed by atoms with E-state index in [4.69, 9.17) is 4.52 Å². The predicted molar refractivity (Wildman–Crippen MR) is 90.8 cm³/mol. The third-order valence-corrected chi connectivity index (χ3v) is 5.20. The third kappa shape index (κ3) is 3.99. The van der Waals surface area contributed by atoms with Crippen LogP contribution in [-0.4, -0.2) is 55.9 Å². The lowest BCUT2D eigenvalue weighted by molar-refractivity contribution is 0.0760. The van der Waals surface area contributed by atoms with Gasteiger partial charge in [-0.15, -0.1) is 0 Å². The van der Waals surface area contributed by atoms with Crippen molar-refractivity contribution in [2.45, 2.75) is 45.7 Å². The SMILES string of the molecule is CCN(Cc1noc(C)n1)C1CCCN(C(=O)c2ccns2)CC1. The van der Waals surface area contributed by atoms with E-state index in [1.807, 2.05) is 4.90 Å². The van der Waals surface area contributed by atoms with Crippen LogP contribution in [-0.2, 0) is 6.54 Å². The van der Waals surface area contributed by atoms with Crippen molar-refractivity contribution in [3.05, 3.63) is 28.9 Å². The fourth-order valence-electron chi connectivity index (χ4n) is 3.22. The maximum Gasteiger partial charge on any atom is 0.265 e. The number of carbonyl (C=O) groups is 1. The van der Waals surface area contributed by atoms with Crippen molar-refractivity contribution < 1.29 is 9.32 Å². The topological polar surface area (TPSA) is 75.4 Å². The van der Waals surface area contributed by atoms with Gasteiger partial charge >= 0.3 is 0 Å². The molecule has 1 unspecified atom stereocenters. The standard InChI is InChI=1S/C16H23N5O2S/c1-3-20(11-15-18-12(2)23-19-15)13-5-4-9-21(10-7-13)16(22)14-6-8-17-24-14/h6,8,13H,3-5,7,9-11H2,1-2H3. The van der Waals surface area contributed by atoms with E-state index in [0.717, 1.165) is 49.6 Å². The Balaban J connectivity index is 1.60. The second-order valence-corrected chi connectivity index (χ2v) is 6.88. The van der Waals surface area contributed by atoms with Gasteiger partial charge in [-0.1, -0.05) is 12.1 Å². The molecule has 1 atom stereocenters. The van der Waals surface area contributed by atoms with Crippen molar-refractivity contribution in [1.29, 1.82) is 0 Å². The Bertz CT molecular complexity index is 657. The minimum atomic E-state index is 0.106. The Morgan fingerprint density at radius 3 is 3.00 bits per heavy atom. The normalized spacial score (nSPS) is 18.8. The van der Waals surface area contributed by atoms with Crippen LogP contribution in [0.5, 0.6) is 0 Å². The van der Waals surface area contributed by atoms with Gasteiger partial charge in [0.1, 0.15) is 4.88 Å². The number of amides is 1. The zero-order chi connectivity index (χ0) is 16.9. The van der Waals surface area contributed by atoms with Gasteiger partial charge in [0.05, 0.1) is 6.54 Å². The molecule has 1 amide bonds. The highest BCUT2D eigenvalue weighted by molar-refractivity contribution is 7.08. The van der Waals surface area contributed by atoms with Crippen LogP contribution in [0, 0.1) is 6.92 Å². The first-order chi connectivity index (χ1) is 11.7. The first kappa shape index (κ1) is 17.0. The largest absolute Gasteiger partial charge is 0.340 e. The third-order valence-electron chi connectivity index (χ3n) is 4.47. The maximum absolute atomic E-state index is 12.5. The van der Waals surface area contributed by atoms with Gasteiger partial charge in [-0.05, 0) is 43.4 Å². The number of aryl methyl sites for hydroxylation is 1. The molecule has 1 aliphatic heterocycles. The molecule has 8 heteroatoms. The first-order valence-electron chi connectivity index (χ1n) is 8.40. The van der Waals surface area contributed by atoms with Crippen LogP contribution in [0.4, 0.5) is 0 Å². The van der Waals surface area contributed by atoms with Crippen molar-refractivity contribution in [2.24, 2.45) is 0 Å². The second kappa shape index (κ2) is 7.85. The summed E-state index contributed by atoms with van der Waals surface area (Å²) in [5.41, 5.74) is 0. The zero-order valence-electron chi connectivity index (χ0n) is 14.1. The van der Waals surface area contributed by atoms with E-state index in [1.165, 1.54) is 11.5 Å². The van der Waals surface area contributed by atoms with Crippen molar-refractivity contribution >= 4 is 17.4 Å². The average molecular weight is 349 g/mol. The Morgan fingerprint density at radius 1 is 1.46 bits per heavy atom. The van der Waals surface area contributed by atoms with E-state index in [1.54, 1.807) is 19.2 Å². The molecule has 1 saturated heterocycles. The number of hydrogen-bond acceptors (Lipinski definition) is 7. The van der Waals surface area contributed by atoms with Crippen molar-refractivity contribution in [3.63, 3.8) is 0 Å². The van der Waals surface area contributed by atoms with Gasteiger partial charge in [-0.2, -0.15) is 4.98 Å². The minimum absolute atomic E-state index is 0.106. The van der Waals surface area contributed by atoms with Gasteiger partial charge in [-0.3, -0.25) is 9.69 Å². The molecule has 0 radical (unpaired) electrons. The zero-order valence-corrected chi connectivity index (χ0v) is 15.0. The number of carbonyl (C=O) groups excluding carboxylic acids is 1. The average Bonchev–Trinajstić information content (AvgIpc) is 3.19. The maximum atomic E-state index is 12.5. The summed E-state index contributed by atoms with van der Waals surface area (Å²) in [7, 11) is 0. The van der Waals surface area contributed by atoms with E-state index in [2.05, 4.69) is 26.3 Å². The van der Waals surface area contributed by atoms with Crippen LogP contribution in [0.2, 0.25) is 0 Å². The van der Waals surface area contributed by atoms with Crippen LogP contribution < -0.4 is 0 Å². The molecular weight excluding hydrogens is 326 g/mol. The molecular formula is C16H23N5O2S. The van der Waals surface area contributed by atoms with E-state index < -0.39 is 0 Å². The predicted octanol–water partition coefficient (Wildman–Crippen LogP) is 2.35. The summed E-state index contributed by atoms with van der Waals surface area (Å²) < 4.78 is 9.10. The number of nitrogens with zero attached hydrogens (tertiary/aromatic N) is 5. The molecule has 0 aromatic carbocycles. The molecule has 7 nitrogen and oxygen atoms in total. The molecule has 24 heavy (non-hydrogen) atoms. The molecule has 2 aromatic heterocycles. The summed E-state index contributed by atoms with van der Waals surface area (Å²) in [5.74, 6) is 1.44. The Hall–Kier alpha value is -1.80. The molecule has 0 saturated carbocycles. The first-order valence-corrected chi connectivity index (χ1v) is 9.18. The molecule has 3 rings (SSSR count). The monoisotopic (exact) mass is 349 g/mol. The molecule has 1 fully saturated rings. The fraction of sp³-hybridized carbons (Fsp3) is 0.625. The number of hydrogen-bond donors (Lipinski definition) is 0. The van der Waals surface area contributed by atoms with E-state index >= 15 is 0 Å². The van der Waals surface area contributed by atoms with E-state index in [0.29, 0.717) is 18.5 Å². The lowest BCUT2D eigenvalue weighted by Gasteiger charge is -2.28. The van der Waals surface area contributed by atoms with Gasteiger partial charge in [-0.25, -0.2) is 4.37 Å². The quantitative estimate of drug-likeness (QED) is 0.825. The molecule has 0 aliphatic carbocycles. The van der Waals surface area contributed by atoms with Gasteiger partial charge in [0.2, 0.25) is 5.89 Å². The fourth-order valence-corrected chi connectivity index (χ4v) is 3.78. The van der Waals surface area contributed by atoms with Gasteiger partial charge < -0.3 is 9.42 Å². The molecule has 2 aromatic rings. The molecule has 130 valence electrons. The number of likely N-dealkylation sites (tertiary alicyclic amines) is 1. The van der Waals surface area contributed by atoms with Crippen LogP contribution in [0.15, 0.2) is 16.8 Å². The van der Waals surface area contributed by atoms with Crippen LogP contribution in [0.25, 0.3) is 0 Å². The van der Waals surface area contributed by atoms with Crippen LogP contribution in [0.1, 0.15) is 47.6 Å². The van der Waals surface area contributed by atoms with Crippen molar-refractivity contribution in [2.75, 3.05) is 19.6 Å². The molecule has 3 heterocycles. The molecule has 1 aliphatic rings. The Labute approximate surface area is 145 Å². The summed E-state index contributed by atoms with van der Waals surface area (Å²) >= 11 is 1.27. The highest BCUT2D eigenvalue weighted by atomic mass is 32.1. The summed E-state index contributed by atoms with van der Waals surface area (Å²) in [6.45, 7) is 7.18. The lowest BCUT2D eigenvalue weighted by Crippen LogP contribution is -2.37. The van der Waals surface area contributed by atoms with Crippen LogP contribution >= 0.6 is 11.5 Å². The van der Waals surface area contributed by atoms with E-state index in [-0.39, 0.29) is 5.91 Å². The van der Waals surface area contributed by atoms with Crippen molar-refractivity contribution in [3.8, 4) is 0 Å². The van der Waals surface area contributed by atoms with Gasteiger partial charge in [0.15, 0.2) is 5.82 Å². The molecule has 0 bridgehead atoms. The Kier molecular flexibility index (Phi) is 5.57. The second-order valence-electron chi connectivity index (χ2n) is 6.05. The minimum Gasteiger partial charge on any atom is -0.340 e. The molecule has 0 spiro atoms. The van der Waals surface area contributed by atoms with Gasteiger partial charge in [0, 0.05) is 32.3 Å². The van der Waals surface area contributed by atoms with Crippen LogP contribution in [0.3, 0.4) is 0 Å². The number of aromatic nitrogens is 3. The number of rotatable bonds is 5. The highest BCUT2D eigenvalue weighted by Gasteiger charge is 2.26. The smallest absolute Gasteiger partial charge is 0.265 e. The molecule has 0 N–H and O–H groups in total. The van der Waals surface area contributed by atoms with Gasteiger partial charge in [0.25, 0.3) is 5.91 Å². The summed E-state index contributed by atoms with van der Waals surface area (Å²) in [5, 5.41) is 4.00. The highest BCUT2D eigenvalue weighted by Crippen LogP contribution is 2.20. The summed E-state index contributed by atoms with van der Waals surface area (Å²) in [4.78, 5) is 21.9. The van der Waals surface area contributed by atoms with Crippen molar-refractivity contribution in [1.82, 2.24) is 24.3 Å². The summed E-state index contributed by atoms with van der Waals surface area (Å²) in [6.07, 6.45) is 4.74. The summed E-state index contributed by atoms with van der Waals surface area (Å²) in [6, 6.07) is 2.24. The van der Waals surface area contributed by atoms with E-state index in [9.17, 15) is 4.79 Å². The lowest BCUT2D eigenvalue weighted by atomic mass is 10.1. The Morgan fingerprint density at radius 2 is 2.33 bits per heavy atom.